The molecule has 1 aromatic rings. The van der Waals surface area contributed by atoms with Gasteiger partial charge in [-0.05, 0) is 37.1 Å². The summed E-state index contributed by atoms with van der Waals surface area (Å²) < 4.78 is 5.50. The molecule has 0 saturated carbocycles. The molecule has 0 saturated heterocycles. The zero-order chi connectivity index (χ0) is 12.0. The highest BCUT2D eigenvalue weighted by molar-refractivity contribution is 5.94. The molecule has 0 N–H and O–H groups in total. The Hall–Kier alpha value is -1.83. The van der Waals surface area contributed by atoms with Crippen LogP contribution in [0, 0.1) is 0 Å². The van der Waals surface area contributed by atoms with Crippen LogP contribution in [-0.4, -0.2) is 12.4 Å². The number of carbonyl (C=O) groups is 1. The highest BCUT2D eigenvalue weighted by atomic mass is 16.5. The maximum atomic E-state index is 11.2. The van der Waals surface area contributed by atoms with Crippen molar-refractivity contribution in [3.8, 4) is 5.75 Å². The van der Waals surface area contributed by atoms with Gasteiger partial charge < -0.3 is 4.74 Å². The van der Waals surface area contributed by atoms with Gasteiger partial charge in [0.2, 0.25) is 0 Å². The number of rotatable bonds is 6. The molecule has 1 aromatic carbocycles. The summed E-state index contributed by atoms with van der Waals surface area (Å²) in [6.07, 6.45) is 4.17. The highest BCUT2D eigenvalue weighted by Crippen LogP contribution is 2.21. The SMILES string of the molecule is C=CCOc1ccc(C(C)=O)cc1CC=C. The maximum absolute atomic E-state index is 11.2. The van der Waals surface area contributed by atoms with Crippen molar-refractivity contribution in [2.75, 3.05) is 6.61 Å². The molecule has 1 rings (SSSR count). The predicted octanol–water partition coefficient (Wildman–Crippen LogP) is 3.18. The zero-order valence-corrected chi connectivity index (χ0v) is 9.53. The van der Waals surface area contributed by atoms with E-state index in [9.17, 15) is 4.79 Å². The van der Waals surface area contributed by atoms with Crippen molar-refractivity contribution in [2.24, 2.45) is 0 Å². The van der Waals surface area contributed by atoms with Gasteiger partial charge in [0.05, 0.1) is 0 Å². The molecular weight excluding hydrogens is 200 g/mol. The molecule has 0 spiro atoms. The lowest BCUT2D eigenvalue weighted by Crippen LogP contribution is -2.00. The lowest BCUT2D eigenvalue weighted by molar-refractivity contribution is 0.101. The number of allylic oxidation sites excluding steroid dienone is 1. The minimum Gasteiger partial charge on any atom is -0.489 e. The molecule has 2 heteroatoms. The van der Waals surface area contributed by atoms with E-state index < -0.39 is 0 Å². The molecule has 0 aromatic heterocycles. The second kappa shape index (κ2) is 5.91. The normalized spacial score (nSPS) is 9.56. The molecule has 0 atom stereocenters. The molecule has 0 amide bonds. The Bertz CT molecular complexity index is 405. The summed E-state index contributed by atoms with van der Waals surface area (Å²) in [5.41, 5.74) is 1.67. The number of Topliss-reactive ketones (excluding diaryl/α,β-unsaturated/α-hetero) is 1. The summed E-state index contributed by atoms with van der Waals surface area (Å²) >= 11 is 0. The second-order valence-electron chi connectivity index (χ2n) is 3.47. The molecular formula is C14H16O2. The first kappa shape index (κ1) is 12.2. The predicted molar refractivity (Wildman–Crippen MR) is 66.0 cm³/mol. The molecule has 84 valence electrons. The van der Waals surface area contributed by atoms with Gasteiger partial charge in [-0.3, -0.25) is 4.79 Å². The second-order valence-corrected chi connectivity index (χ2v) is 3.47. The summed E-state index contributed by atoms with van der Waals surface area (Å²) in [4.78, 5) is 11.2. The summed E-state index contributed by atoms with van der Waals surface area (Å²) in [6.45, 7) is 9.30. The average molecular weight is 216 g/mol. The van der Waals surface area contributed by atoms with Crippen LogP contribution in [0.3, 0.4) is 0 Å². The topological polar surface area (TPSA) is 26.3 Å². The number of carbonyl (C=O) groups excluding carboxylic acids is 1. The molecule has 2 nitrogen and oxygen atoms in total. The van der Waals surface area contributed by atoms with Crippen molar-refractivity contribution in [3.63, 3.8) is 0 Å². The number of hydrogen-bond donors (Lipinski definition) is 0. The monoisotopic (exact) mass is 216 g/mol. The minimum absolute atomic E-state index is 0.0561. The third-order valence-corrected chi connectivity index (χ3v) is 2.19. The number of ketones is 1. The van der Waals surface area contributed by atoms with E-state index in [-0.39, 0.29) is 5.78 Å². The Morgan fingerprint density at radius 2 is 2.12 bits per heavy atom. The summed E-state index contributed by atoms with van der Waals surface area (Å²) in [6, 6.07) is 5.44. The van der Waals surface area contributed by atoms with Crippen molar-refractivity contribution in [1.82, 2.24) is 0 Å². The third kappa shape index (κ3) is 3.09. The average Bonchev–Trinajstić information content (AvgIpc) is 2.27. The Morgan fingerprint density at radius 3 is 2.69 bits per heavy atom. The molecule has 0 unspecified atom stereocenters. The highest BCUT2D eigenvalue weighted by Gasteiger charge is 2.06. The van der Waals surface area contributed by atoms with Gasteiger partial charge in [-0.15, -0.1) is 6.58 Å². The minimum atomic E-state index is 0.0561. The quantitative estimate of drug-likeness (QED) is 0.539. The number of benzene rings is 1. The van der Waals surface area contributed by atoms with Crippen molar-refractivity contribution >= 4 is 5.78 Å². The third-order valence-electron chi connectivity index (χ3n) is 2.19. The number of ether oxygens (including phenoxy) is 1. The van der Waals surface area contributed by atoms with Crippen LogP contribution >= 0.6 is 0 Å². The van der Waals surface area contributed by atoms with Crippen molar-refractivity contribution < 1.29 is 9.53 Å². The van der Waals surface area contributed by atoms with Gasteiger partial charge in [-0.1, -0.05) is 18.7 Å². The molecule has 0 radical (unpaired) electrons. The van der Waals surface area contributed by atoms with E-state index in [4.69, 9.17) is 4.74 Å². The molecule has 0 heterocycles. The lowest BCUT2D eigenvalue weighted by Gasteiger charge is -2.09. The first-order valence-electron chi connectivity index (χ1n) is 5.17. The van der Waals surface area contributed by atoms with E-state index in [0.717, 1.165) is 11.3 Å². The Kier molecular flexibility index (Phi) is 4.52. The van der Waals surface area contributed by atoms with Crippen LogP contribution in [0.25, 0.3) is 0 Å². The van der Waals surface area contributed by atoms with E-state index in [1.54, 1.807) is 25.1 Å². The molecule has 0 fully saturated rings. The molecule has 0 bridgehead atoms. The van der Waals surface area contributed by atoms with Crippen molar-refractivity contribution in [1.29, 1.82) is 0 Å². The van der Waals surface area contributed by atoms with Crippen LogP contribution in [0.15, 0.2) is 43.5 Å². The maximum Gasteiger partial charge on any atom is 0.159 e. The van der Waals surface area contributed by atoms with E-state index in [0.29, 0.717) is 18.6 Å². The molecule has 0 aliphatic rings. The van der Waals surface area contributed by atoms with Crippen molar-refractivity contribution in [3.05, 3.63) is 54.6 Å². The van der Waals surface area contributed by atoms with Gasteiger partial charge in [-0.2, -0.15) is 0 Å². The van der Waals surface area contributed by atoms with Crippen LogP contribution < -0.4 is 4.74 Å². The van der Waals surface area contributed by atoms with Crippen LogP contribution in [0.4, 0.5) is 0 Å². The first-order chi connectivity index (χ1) is 7.69. The van der Waals surface area contributed by atoms with Crippen molar-refractivity contribution in [2.45, 2.75) is 13.3 Å². The van der Waals surface area contributed by atoms with E-state index in [1.807, 2.05) is 12.1 Å². The van der Waals surface area contributed by atoms with Gasteiger partial charge in [0, 0.05) is 5.56 Å². The smallest absolute Gasteiger partial charge is 0.159 e. The molecule has 16 heavy (non-hydrogen) atoms. The first-order valence-corrected chi connectivity index (χ1v) is 5.17. The molecule has 0 aliphatic carbocycles. The zero-order valence-electron chi connectivity index (χ0n) is 9.53. The van der Waals surface area contributed by atoms with Crippen LogP contribution in [-0.2, 0) is 6.42 Å². The van der Waals surface area contributed by atoms with Gasteiger partial charge in [-0.25, -0.2) is 0 Å². The fourth-order valence-electron chi connectivity index (χ4n) is 1.40. The Balaban J connectivity index is 3.02. The van der Waals surface area contributed by atoms with Gasteiger partial charge in [0.25, 0.3) is 0 Å². The van der Waals surface area contributed by atoms with Crippen LogP contribution in [0.5, 0.6) is 5.75 Å². The fourth-order valence-corrected chi connectivity index (χ4v) is 1.40. The van der Waals surface area contributed by atoms with E-state index in [1.165, 1.54) is 0 Å². The Labute approximate surface area is 96.2 Å². The van der Waals surface area contributed by atoms with Gasteiger partial charge in [0.15, 0.2) is 5.78 Å². The van der Waals surface area contributed by atoms with E-state index in [2.05, 4.69) is 13.2 Å². The fraction of sp³-hybridized carbons (Fsp3) is 0.214. The van der Waals surface area contributed by atoms with E-state index >= 15 is 0 Å². The van der Waals surface area contributed by atoms with Gasteiger partial charge >= 0.3 is 0 Å². The largest absolute Gasteiger partial charge is 0.489 e. The summed E-state index contributed by atoms with van der Waals surface area (Å²) in [5.74, 6) is 0.838. The summed E-state index contributed by atoms with van der Waals surface area (Å²) in [5, 5.41) is 0. The Morgan fingerprint density at radius 1 is 1.38 bits per heavy atom. The molecule has 0 aliphatic heterocycles. The van der Waals surface area contributed by atoms with Crippen LogP contribution in [0.1, 0.15) is 22.8 Å². The van der Waals surface area contributed by atoms with Gasteiger partial charge in [0.1, 0.15) is 12.4 Å². The van der Waals surface area contributed by atoms with Crippen LogP contribution in [0.2, 0.25) is 0 Å². The lowest BCUT2D eigenvalue weighted by atomic mass is 10.0. The number of hydrogen-bond acceptors (Lipinski definition) is 2. The summed E-state index contributed by atoms with van der Waals surface area (Å²) in [7, 11) is 0. The standard InChI is InChI=1S/C14H16O2/c1-4-6-13-10-12(11(3)15)7-8-14(13)16-9-5-2/h4-5,7-8,10H,1-2,6,9H2,3H3.